The molecule has 0 saturated carbocycles. The van der Waals surface area contributed by atoms with E-state index in [-0.39, 0.29) is 25.9 Å². The average molecular weight is 227 g/mol. The van der Waals surface area contributed by atoms with Gasteiger partial charge in [0, 0.05) is 10.9 Å². The Morgan fingerprint density at radius 1 is 1.45 bits per heavy atom. The number of alkyl halides is 1. The van der Waals surface area contributed by atoms with Crippen molar-refractivity contribution in [1.29, 1.82) is 0 Å². The molecule has 0 spiro atoms. The number of ether oxygens (including phenoxy) is 1. The van der Waals surface area contributed by atoms with Crippen LogP contribution in [0.2, 0.25) is 0 Å². The van der Waals surface area contributed by atoms with E-state index >= 15 is 0 Å². The Kier molecular flexibility index (Phi) is 6.00. The monoisotopic (exact) mass is 226 g/mol. The van der Waals surface area contributed by atoms with Crippen molar-refractivity contribution in [2.75, 3.05) is 7.11 Å². The first-order valence-corrected chi connectivity index (χ1v) is 4.18. The molecular formula is C8H11BrMgO. The zero-order chi connectivity index (χ0) is 7.40. The van der Waals surface area contributed by atoms with Gasteiger partial charge >= 0.3 is 23.1 Å². The molecule has 1 nitrogen and oxygen atoms in total. The Morgan fingerprint density at radius 3 is 2.55 bits per heavy atom. The fraction of sp³-hybridized carbons (Fsp3) is 0.250. The van der Waals surface area contributed by atoms with Crippen molar-refractivity contribution in [2.45, 2.75) is 5.33 Å². The van der Waals surface area contributed by atoms with E-state index in [1.165, 1.54) is 5.56 Å². The van der Waals surface area contributed by atoms with Crippen LogP contribution in [-0.4, -0.2) is 30.2 Å². The Bertz CT molecular complexity index is 200. The van der Waals surface area contributed by atoms with E-state index in [4.69, 9.17) is 4.74 Å². The van der Waals surface area contributed by atoms with Gasteiger partial charge in [-0.15, -0.1) is 0 Å². The molecule has 1 aromatic rings. The molecule has 3 heteroatoms. The summed E-state index contributed by atoms with van der Waals surface area (Å²) < 4.78 is 5.11. The van der Waals surface area contributed by atoms with E-state index in [1.807, 2.05) is 24.3 Å². The van der Waals surface area contributed by atoms with Gasteiger partial charge in [-0.25, -0.2) is 0 Å². The Labute approximate surface area is 94.4 Å². The minimum atomic E-state index is 0. The Morgan fingerprint density at radius 2 is 2.09 bits per heavy atom. The summed E-state index contributed by atoms with van der Waals surface area (Å²) in [6.07, 6.45) is 0. The molecule has 0 aliphatic carbocycles. The molecule has 0 saturated heterocycles. The largest absolute Gasteiger partial charge is 2.00 e. The van der Waals surface area contributed by atoms with Crippen molar-refractivity contribution in [1.82, 2.24) is 0 Å². The van der Waals surface area contributed by atoms with Gasteiger partial charge in [0.2, 0.25) is 0 Å². The van der Waals surface area contributed by atoms with Gasteiger partial charge in [-0.05, 0) is 6.07 Å². The molecular weight excluding hydrogens is 216 g/mol. The molecule has 0 atom stereocenters. The zero-order valence-corrected chi connectivity index (χ0v) is 9.51. The molecule has 0 aliphatic rings. The molecule has 0 amide bonds. The molecule has 0 bridgehead atoms. The minimum Gasteiger partial charge on any atom is -1.00 e. The van der Waals surface area contributed by atoms with Crippen LogP contribution in [0.5, 0.6) is 5.75 Å². The van der Waals surface area contributed by atoms with E-state index in [9.17, 15) is 0 Å². The summed E-state index contributed by atoms with van der Waals surface area (Å²) >= 11 is 3.37. The summed E-state index contributed by atoms with van der Waals surface area (Å²) in [5.41, 5.74) is 1.19. The maximum Gasteiger partial charge on any atom is 2.00 e. The van der Waals surface area contributed by atoms with Crippen molar-refractivity contribution in [3.8, 4) is 5.75 Å². The number of methoxy groups -OCH3 is 1. The third-order valence-electron chi connectivity index (χ3n) is 1.34. The minimum absolute atomic E-state index is 0. The molecule has 1 aromatic carbocycles. The molecule has 0 unspecified atom stereocenters. The van der Waals surface area contributed by atoms with Crippen molar-refractivity contribution in [3.63, 3.8) is 0 Å². The maximum atomic E-state index is 5.11. The van der Waals surface area contributed by atoms with Crippen LogP contribution < -0.4 is 4.74 Å². The average Bonchev–Trinajstić information content (AvgIpc) is 2.04. The van der Waals surface area contributed by atoms with Crippen molar-refractivity contribution in [2.24, 2.45) is 0 Å². The van der Waals surface area contributed by atoms with Gasteiger partial charge < -0.3 is 7.59 Å². The summed E-state index contributed by atoms with van der Waals surface area (Å²) in [5.74, 6) is 0.944. The normalized spacial score (nSPS) is 8.55. The third-order valence-corrected chi connectivity index (χ3v) is 1.94. The SMILES string of the molecule is COc1ccccc1CBr.[H-].[H-].[Mg+2]. The molecule has 0 heterocycles. The van der Waals surface area contributed by atoms with E-state index < -0.39 is 0 Å². The van der Waals surface area contributed by atoms with Gasteiger partial charge in [0.25, 0.3) is 0 Å². The van der Waals surface area contributed by atoms with Gasteiger partial charge in [-0.2, -0.15) is 0 Å². The standard InChI is InChI=1S/C8H9BrO.Mg.2H/c1-10-8-5-3-2-4-7(8)6-9;;;/h2-5H,6H2,1H3;;;/q;+2;2*-1. The molecule has 0 radical (unpaired) electrons. The van der Waals surface area contributed by atoms with E-state index in [2.05, 4.69) is 15.9 Å². The molecule has 11 heavy (non-hydrogen) atoms. The summed E-state index contributed by atoms with van der Waals surface area (Å²) in [6.45, 7) is 0. The first-order chi connectivity index (χ1) is 4.88. The zero-order valence-electron chi connectivity index (χ0n) is 8.51. The number of halogens is 1. The van der Waals surface area contributed by atoms with E-state index in [0.717, 1.165) is 11.1 Å². The predicted molar refractivity (Wildman–Crippen MR) is 53.6 cm³/mol. The third kappa shape index (κ3) is 3.01. The van der Waals surface area contributed by atoms with Crippen LogP contribution in [0.3, 0.4) is 0 Å². The second-order valence-corrected chi connectivity index (χ2v) is 2.51. The van der Waals surface area contributed by atoms with Gasteiger partial charge in [0.05, 0.1) is 7.11 Å². The van der Waals surface area contributed by atoms with Crippen molar-refractivity contribution in [3.05, 3.63) is 29.8 Å². The summed E-state index contributed by atoms with van der Waals surface area (Å²) in [4.78, 5) is 0. The summed E-state index contributed by atoms with van der Waals surface area (Å²) in [5, 5.41) is 0.844. The topological polar surface area (TPSA) is 9.23 Å². The maximum absolute atomic E-state index is 5.11. The first-order valence-electron chi connectivity index (χ1n) is 3.06. The number of hydrogen-bond donors (Lipinski definition) is 0. The molecule has 58 valence electrons. The van der Waals surface area contributed by atoms with Gasteiger partial charge in [0.1, 0.15) is 5.75 Å². The fourth-order valence-corrected chi connectivity index (χ4v) is 1.28. The van der Waals surface area contributed by atoms with Crippen LogP contribution in [0.25, 0.3) is 0 Å². The number of rotatable bonds is 2. The number of hydrogen-bond acceptors (Lipinski definition) is 1. The molecule has 1 rings (SSSR count). The van der Waals surface area contributed by atoms with Crippen molar-refractivity contribution >= 4 is 39.0 Å². The van der Waals surface area contributed by atoms with E-state index in [0.29, 0.717) is 0 Å². The van der Waals surface area contributed by atoms with Crippen LogP contribution in [-0.2, 0) is 5.33 Å². The van der Waals surface area contributed by atoms with E-state index in [1.54, 1.807) is 7.11 Å². The molecule has 0 aliphatic heterocycles. The molecule has 0 aromatic heterocycles. The second-order valence-electron chi connectivity index (χ2n) is 1.95. The molecule has 0 fully saturated rings. The number of para-hydroxylation sites is 1. The Hall–Kier alpha value is 0.266. The van der Waals surface area contributed by atoms with Crippen molar-refractivity contribution < 1.29 is 7.59 Å². The summed E-state index contributed by atoms with van der Waals surface area (Å²) in [6, 6.07) is 7.95. The first kappa shape index (κ1) is 11.3. The fourth-order valence-electron chi connectivity index (χ4n) is 0.813. The molecule has 0 N–H and O–H groups in total. The van der Waals surface area contributed by atoms with Gasteiger partial charge in [0.15, 0.2) is 0 Å². The van der Waals surface area contributed by atoms with Crippen LogP contribution in [0.1, 0.15) is 8.42 Å². The second kappa shape index (κ2) is 5.86. The van der Waals surface area contributed by atoms with Crippen LogP contribution in [0, 0.1) is 0 Å². The van der Waals surface area contributed by atoms with Gasteiger partial charge in [-0.3, -0.25) is 0 Å². The van der Waals surface area contributed by atoms with Crippen LogP contribution in [0.4, 0.5) is 0 Å². The summed E-state index contributed by atoms with van der Waals surface area (Å²) in [7, 11) is 1.68. The number of benzene rings is 1. The Balaban J connectivity index is -0.000000333. The van der Waals surface area contributed by atoms with Crippen LogP contribution in [0.15, 0.2) is 24.3 Å². The van der Waals surface area contributed by atoms with Gasteiger partial charge in [-0.1, -0.05) is 34.1 Å². The predicted octanol–water partition coefficient (Wildman–Crippen LogP) is 2.43. The quantitative estimate of drug-likeness (QED) is 0.557. The smallest absolute Gasteiger partial charge is 1.00 e. The van der Waals surface area contributed by atoms with Crippen LogP contribution >= 0.6 is 15.9 Å².